The zero-order chi connectivity index (χ0) is 26.8. The second kappa shape index (κ2) is 10.3. The number of benzene rings is 3. The van der Waals surface area contributed by atoms with Gasteiger partial charge in [0.2, 0.25) is 5.91 Å². The van der Waals surface area contributed by atoms with Gasteiger partial charge in [0.1, 0.15) is 17.9 Å². The second-order valence-corrected chi connectivity index (χ2v) is 11.5. The Morgan fingerprint density at radius 1 is 1.03 bits per heavy atom. The Morgan fingerprint density at radius 2 is 1.70 bits per heavy atom. The van der Waals surface area contributed by atoms with Gasteiger partial charge in [-0.2, -0.15) is 0 Å². The summed E-state index contributed by atoms with van der Waals surface area (Å²) in [5, 5.41) is 3.03. The van der Waals surface area contributed by atoms with Crippen LogP contribution in [0.4, 0.5) is 5.69 Å². The SMILES string of the molecule is COc1ccc(N(CC(=O)NC2CC(C)(C)Oc3ccccc32)S(=O)(=O)c2ccc(C)cc2)cc1OC. The molecule has 0 fully saturated rings. The van der Waals surface area contributed by atoms with Crippen molar-refractivity contribution in [3.63, 3.8) is 0 Å². The Bertz CT molecular complexity index is 1390. The number of amides is 1. The van der Waals surface area contributed by atoms with Crippen molar-refractivity contribution in [1.82, 2.24) is 5.32 Å². The van der Waals surface area contributed by atoms with Crippen LogP contribution in [0.3, 0.4) is 0 Å². The summed E-state index contributed by atoms with van der Waals surface area (Å²) in [6, 6.07) is 18.5. The Kier molecular flexibility index (Phi) is 7.36. The lowest BCUT2D eigenvalue weighted by Gasteiger charge is -2.38. The number of para-hydroxylation sites is 1. The van der Waals surface area contributed by atoms with Crippen LogP contribution in [-0.4, -0.2) is 40.7 Å². The number of ether oxygens (including phenoxy) is 3. The molecule has 0 bridgehead atoms. The molecule has 0 saturated heterocycles. The third-order valence-electron chi connectivity index (χ3n) is 6.26. The van der Waals surface area contributed by atoms with Gasteiger partial charge in [-0.05, 0) is 51.1 Å². The molecule has 0 aromatic heterocycles. The quantitative estimate of drug-likeness (QED) is 0.462. The number of nitrogens with zero attached hydrogens (tertiary/aromatic N) is 1. The molecule has 1 unspecified atom stereocenters. The van der Waals surface area contributed by atoms with E-state index in [2.05, 4.69) is 5.32 Å². The van der Waals surface area contributed by atoms with Gasteiger partial charge in [0, 0.05) is 18.1 Å². The van der Waals surface area contributed by atoms with E-state index in [0.717, 1.165) is 15.4 Å². The molecule has 9 heteroatoms. The highest BCUT2D eigenvalue weighted by Crippen LogP contribution is 2.39. The van der Waals surface area contributed by atoms with Crippen LogP contribution in [0.25, 0.3) is 0 Å². The lowest BCUT2D eigenvalue weighted by molar-refractivity contribution is -0.120. The maximum atomic E-state index is 13.8. The molecule has 0 spiro atoms. The van der Waals surface area contributed by atoms with Crippen molar-refractivity contribution in [1.29, 1.82) is 0 Å². The van der Waals surface area contributed by atoms with Crippen LogP contribution in [0, 0.1) is 6.92 Å². The van der Waals surface area contributed by atoms with Gasteiger partial charge >= 0.3 is 0 Å². The Balaban J connectivity index is 1.69. The van der Waals surface area contributed by atoms with E-state index in [4.69, 9.17) is 14.2 Å². The first-order valence-electron chi connectivity index (χ1n) is 11.9. The molecule has 8 nitrogen and oxygen atoms in total. The van der Waals surface area contributed by atoms with Gasteiger partial charge in [-0.25, -0.2) is 8.42 Å². The maximum Gasteiger partial charge on any atom is 0.264 e. The normalized spacial score (nSPS) is 16.2. The van der Waals surface area contributed by atoms with E-state index in [1.807, 2.05) is 45.0 Å². The number of methoxy groups -OCH3 is 2. The second-order valence-electron chi connectivity index (χ2n) is 9.59. The van der Waals surface area contributed by atoms with E-state index in [1.54, 1.807) is 30.3 Å². The lowest BCUT2D eigenvalue weighted by atomic mass is 9.89. The van der Waals surface area contributed by atoms with Gasteiger partial charge < -0.3 is 19.5 Å². The fraction of sp³-hybridized carbons (Fsp3) is 0.321. The predicted molar refractivity (Wildman–Crippen MR) is 142 cm³/mol. The molecule has 1 N–H and O–H groups in total. The molecule has 1 aliphatic rings. The molecule has 1 atom stereocenters. The summed E-state index contributed by atoms with van der Waals surface area (Å²) in [6.07, 6.45) is 0.539. The molecule has 3 aromatic rings. The zero-order valence-corrected chi connectivity index (χ0v) is 22.5. The number of nitrogens with one attached hydrogen (secondary N) is 1. The number of hydrogen-bond donors (Lipinski definition) is 1. The number of rotatable bonds is 8. The molecule has 37 heavy (non-hydrogen) atoms. The Labute approximate surface area is 218 Å². The van der Waals surface area contributed by atoms with E-state index < -0.39 is 28.1 Å². The minimum Gasteiger partial charge on any atom is -0.493 e. The molecule has 1 aliphatic heterocycles. The van der Waals surface area contributed by atoms with Gasteiger partial charge in [-0.15, -0.1) is 0 Å². The molecule has 0 aliphatic carbocycles. The number of fused-ring (bicyclic) bond motifs is 1. The number of hydrogen-bond acceptors (Lipinski definition) is 6. The molecule has 4 rings (SSSR count). The highest BCUT2D eigenvalue weighted by Gasteiger charge is 2.35. The summed E-state index contributed by atoms with van der Waals surface area (Å²) >= 11 is 0. The van der Waals surface area contributed by atoms with Crippen molar-refractivity contribution in [2.24, 2.45) is 0 Å². The van der Waals surface area contributed by atoms with Crippen molar-refractivity contribution in [3.8, 4) is 17.2 Å². The van der Waals surface area contributed by atoms with Crippen LogP contribution >= 0.6 is 0 Å². The summed E-state index contributed by atoms with van der Waals surface area (Å²) in [4.78, 5) is 13.5. The van der Waals surface area contributed by atoms with Crippen LogP contribution in [0.1, 0.15) is 37.4 Å². The number of aryl methyl sites for hydroxylation is 1. The van der Waals surface area contributed by atoms with Crippen LogP contribution in [-0.2, 0) is 14.8 Å². The lowest BCUT2D eigenvalue weighted by Crippen LogP contribution is -2.45. The van der Waals surface area contributed by atoms with Crippen LogP contribution in [0.15, 0.2) is 71.6 Å². The number of anilines is 1. The van der Waals surface area contributed by atoms with E-state index in [-0.39, 0.29) is 16.6 Å². The van der Waals surface area contributed by atoms with Crippen LogP contribution in [0.2, 0.25) is 0 Å². The minimum atomic E-state index is -4.08. The molecule has 1 heterocycles. The van der Waals surface area contributed by atoms with Gasteiger partial charge in [-0.3, -0.25) is 9.10 Å². The Morgan fingerprint density at radius 3 is 2.38 bits per heavy atom. The van der Waals surface area contributed by atoms with Crippen molar-refractivity contribution >= 4 is 21.6 Å². The predicted octanol–water partition coefficient (Wildman–Crippen LogP) is 4.63. The molecule has 1 amide bonds. The van der Waals surface area contributed by atoms with Gasteiger partial charge in [-0.1, -0.05) is 35.9 Å². The third-order valence-corrected chi connectivity index (χ3v) is 8.05. The van der Waals surface area contributed by atoms with E-state index in [1.165, 1.54) is 26.4 Å². The van der Waals surface area contributed by atoms with Gasteiger partial charge in [0.25, 0.3) is 10.0 Å². The molecule has 0 saturated carbocycles. The average molecular weight is 525 g/mol. The Hall–Kier alpha value is -3.72. The van der Waals surface area contributed by atoms with Crippen LogP contribution < -0.4 is 23.8 Å². The molecule has 0 radical (unpaired) electrons. The first kappa shape index (κ1) is 26.3. The molecule has 3 aromatic carbocycles. The topological polar surface area (TPSA) is 94.2 Å². The van der Waals surface area contributed by atoms with E-state index in [0.29, 0.717) is 23.7 Å². The highest BCUT2D eigenvalue weighted by molar-refractivity contribution is 7.92. The standard InChI is InChI=1S/C28H32N2O6S/c1-19-10-13-21(14-11-19)37(32,33)30(20-12-15-25(34-4)26(16-20)35-5)18-27(31)29-23-17-28(2,3)36-24-9-7-6-8-22(23)24/h6-16,23H,17-18H2,1-5H3,(H,29,31). The summed E-state index contributed by atoms with van der Waals surface area (Å²) in [6.45, 7) is 5.37. The number of carbonyl (C=O) groups excluding carboxylic acids is 1. The first-order chi connectivity index (χ1) is 17.5. The largest absolute Gasteiger partial charge is 0.493 e. The molecular formula is C28H32N2O6S. The summed E-state index contributed by atoms with van der Waals surface area (Å²) < 4.78 is 45.4. The van der Waals surface area contributed by atoms with Gasteiger partial charge in [0.15, 0.2) is 11.5 Å². The smallest absolute Gasteiger partial charge is 0.264 e. The van der Waals surface area contributed by atoms with Gasteiger partial charge in [0.05, 0.1) is 30.8 Å². The van der Waals surface area contributed by atoms with Crippen LogP contribution in [0.5, 0.6) is 17.2 Å². The van der Waals surface area contributed by atoms with Crippen molar-refractivity contribution in [2.45, 2.75) is 43.7 Å². The van der Waals surface area contributed by atoms with E-state index in [9.17, 15) is 13.2 Å². The first-order valence-corrected chi connectivity index (χ1v) is 13.4. The number of sulfonamides is 1. The maximum absolute atomic E-state index is 13.8. The summed E-state index contributed by atoms with van der Waals surface area (Å²) in [7, 11) is -1.11. The minimum absolute atomic E-state index is 0.0817. The molecule has 196 valence electrons. The van der Waals surface area contributed by atoms with Crippen molar-refractivity contribution < 1.29 is 27.4 Å². The fourth-order valence-electron chi connectivity index (χ4n) is 4.43. The van der Waals surface area contributed by atoms with Crippen molar-refractivity contribution in [3.05, 3.63) is 77.9 Å². The third kappa shape index (κ3) is 5.67. The van der Waals surface area contributed by atoms with Crippen molar-refractivity contribution in [2.75, 3.05) is 25.1 Å². The monoisotopic (exact) mass is 524 g/mol. The summed E-state index contributed by atoms with van der Waals surface area (Å²) in [5.41, 5.74) is 1.56. The summed E-state index contributed by atoms with van der Waals surface area (Å²) in [5.74, 6) is 1.06. The zero-order valence-electron chi connectivity index (χ0n) is 21.6. The number of carbonyl (C=O) groups is 1. The average Bonchev–Trinajstić information content (AvgIpc) is 2.86. The molecular weight excluding hydrogens is 492 g/mol. The van der Waals surface area contributed by atoms with E-state index >= 15 is 0 Å². The highest BCUT2D eigenvalue weighted by atomic mass is 32.2. The fourth-order valence-corrected chi connectivity index (χ4v) is 5.85.